The van der Waals surface area contributed by atoms with Crippen molar-refractivity contribution < 1.29 is 13.9 Å². The van der Waals surface area contributed by atoms with Crippen molar-refractivity contribution in [1.82, 2.24) is 25.1 Å². The second-order valence-corrected chi connectivity index (χ2v) is 8.35. The van der Waals surface area contributed by atoms with Crippen molar-refractivity contribution in [3.05, 3.63) is 34.8 Å². The van der Waals surface area contributed by atoms with E-state index in [-0.39, 0.29) is 17.4 Å². The van der Waals surface area contributed by atoms with Crippen LogP contribution in [0.1, 0.15) is 11.6 Å². The molecule has 0 radical (unpaired) electrons. The Bertz CT molecular complexity index is 1160. The van der Waals surface area contributed by atoms with Gasteiger partial charge in [-0.05, 0) is 18.2 Å². The molecule has 1 aliphatic heterocycles. The Kier molecular flexibility index (Phi) is 6.53. The van der Waals surface area contributed by atoms with Gasteiger partial charge in [0.05, 0.1) is 18.4 Å². The number of aromatic amines is 1. The summed E-state index contributed by atoms with van der Waals surface area (Å²) < 4.78 is 10.9. The summed E-state index contributed by atoms with van der Waals surface area (Å²) in [5.74, 6) is 2.27. The van der Waals surface area contributed by atoms with Gasteiger partial charge in [0.1, 0.15) is 11.8 Å². The number of halogens is 1. The highest BCUT2D eigenvalue weighted by atomic mass is 35.5. The van der Waals surface area contributed by atoms with Crippen LogP contribution in [-0.2, 0) is 4.79 Å². The third-order valence-corrected chi connectivity index (χ3v) is 6.02. The van der Waals surface area contributed by atoms with E-state index in [1.807, 2.05) is 11.0 Å². The third-order valence-electron chi connectivity index (χ3n) is 4.95. The Labute approximate surface area is 193 Å². The summed E-state index contributed by atoms with van der Waals surface area (Å²) in [4.78, 5) is 24.9. The molecule has 0 unspecified atom stereocenters. The smallest absolute Gasteiger partial charge is 0.234 e. The fourth-order valence-corrected chi connectivity index (χ4v) is 4.25. The van der Waals surface area contributed by atoms with Gasteiger partial charge in [-0.3, -0.25) is 9.89 Å². The number of benzene rings is 1. The van der Waals surface area contributed by atoms with Gasteiger partial charge in [0.15, 0.2) is 11.7 Å². The molecule has 0 spiro atoms. The summed E-state index contributed by atoms with van der Waals surface area (Å²) in [5.41, 5.74) is 0.968. The first-order chi connectivity index (χ1) is 15.5. The number of hydrogen-bond donors (Lipinski definition) is 1. The SMILES string of the molecule is COc1ccc(Cl)cc1-c1nc(SCC(=O)N2CCN(c3oc(C)nc3C#N)CC2)n[nH]1. The molecule has 3 aromatic rings. The lowest BCUT2D eigenvalue weighted by Crippen LogP contribution is -2.49. The zero-order valence-corrected chi connectivity index (χ0v) is 19.0. The van der Waals surface area contributed by atoms with Crippen molar-refractivity contribution in [2.45, 2.75) is 12.1 Å². The monoisotopic (exact) mass is 473 g/mol. The maximum Gasteiger partial charge on any atom is 0.234 e. The van der Waals surface area contributed by atoms with E-state index in [0.29, 0.717) is 65.3 Å². The lowest BCUT2D eigenvalue weighted by Gasteiger charge is -2.34. The number of oxazole rings is 1. The fraction of sp³-hybridized carbons (Fsp3) is 0.350. The van der Waals surface area contributed by atoms with Gasteiger partial charge < -0.3 is 19.0 Å². The Morgan fingerprint density at radius 1 is 1.34 bits per heavy atom. The first-order valence-corrected chi connectivity index (χ1v) is 11.1. The average Bonchev–Trinajstić information content (AvgIpc) is 3.44. The minimum atomic E-state index is -0.00408. The molecular weight excluding hydrogens is 454 g/mol. The highest BCUT2D eigenvalue weighted by molar-refractivity contribution is 7.99. The molecule has 1 N–H and O–H groups in total. The molecule has 1 amide bonds. The number of aromatic nitrogens is 4. The molecule has 1 saturated heterocycles. The summed E-state index contributed by atoms with van der Waals surface area (Å²) >= 11 is 7.34. The third kappa shape index (κ3) is 4.66. The van der Waals surface area contributed by atoms with Gasteiger partial charge in [-0.2, -0.15) is 5.26 Å². The number of carbonyl (C=O) groups is 1. The van der Waals surface area contributed by atoms with Crippen molar-refractivity contribution in [1.29, 1.82) is 5.26 Å². The molecule has 166 valence electrons. The molecule has 1 aliphatic rings. The van der Waals surface area contributed by atoms with Gasteiger partial charge in [0.25, 0.3) is 0 Å². The van der Waals surface area contributed by atoms with Gasteiger partial charge in [-0.25, -0.2) is 9.97 Å². The zero-order chi connectivity index (χ0) is 22.7. The number of methoxy groups -OCH3 is 1. The predicted octanol–water partition coefficient (Wildman–Crippen LogP) is 2.74. The van der Waals surface area contributed by atoms with Gasteiger partial charge >= 0.3 is 0 Å². The van der Waals surface area contributed by atoms with Crippen LogP contribution in [0.25, 0.3) is 11.4 Å². The minimum absolute atomic E-state index is 0.00408. The molecule has 32 heavy (non-hydrogen) atoms. The van der Waals surface area contributed by atoms with Crippen LogP contribution in [0.4, 0.5) is 5.88 Å². The summed E-state index contributed by atoms with van der Waals surface area (Å²) in [5, 5.41) is 17.3. The molecule has 0 aliphatic carbocycles. The number of nitriles is 1. The number of H-pyrrole nitrogens is 1. The first-order valence-electron chi connectivity index (χ1n) is 9.78. The molecule has 0 atom stereocenters. The number of piperazine rings is 1. The second kappa shape index (κ2) is 9.50. The lowest BCUT2D eigenvalue weighted by molar-refractivity contribution is -0.128. The topological polar surface area (TPSA) is 124 Å². The Hall–Kier alpha value is -3.23. The summed E-state index contributed by atoms with van der Waals surface area (Å²) in [6.45, 7) is 3.91. The van der Waals surface area contributed by atoms with Gasteiger partial charge in [-0.15, -0.1) is 5.10 Å². The number of anilines is 1. The molecule has 3 heterocycles. The van der Waals surface area contributed by atoms with Crippen molar-refractivity contribution in [2.24, 2.45) is 0 Å². The molecule has 1 aromatic carbocycles. The first kappa shape index (κ1) is 22.0. The molecule has 1 fully saturated rings. The van der Waals surface area contributed by atoms with E-state index >= 15 is 0 Å². The number of ether oxygens (including phenoxy) is 1. The van der Waals surface area contributed by atoms with Crippen LogP contribution in [0.2, 0.25) is 5.02 Å². The zero-order valence-electron chi connectivity index (χ0n) is 17.5. The van der Waals surface area contributed by atoms with Crippen LogP contribution in [0.5, 0.6) is 5.75 Å². The Balaban J connectivity index is 1.33. The standard InChI is InChI=1S/C20H20ClN7O3S/c1-12-23-15(10-22)19(31-12)28-7-5-27(6-8-28)17(29)11-32-20-24-18(25-26-20)14-9-13(21)3-4-16(14)30-2/h3-4,9H,5-8,11H2,1-2H3,(H,24,25,26). The molecular formula is C20H20ClN7O3S. The van der Waals surface area contributed by atoms with Crippen LogP contribution in [0, 0.1) is 18.3 Å². The lowest BCUT2D eigenvalue weighted by atomic mass is 10.2. The number of rotatable bonds is 6. The van der Waals surface area contributed by atoms with Crippen LogP contribution in [-0.4, -0.2) is 70.0 Å². The predicted molar refractivity (Wildman–Crippen MR) is 119 cm³/mol. The minimum Gasteiger partial charge on any atom is -0.496 e. The number of hydrogen-bond acceptors (Lipinski definition) is 9. The molecule has 2 aromatic heterocycles. The average molecular weight is 474 g/mol. The molecule has 0 bridgehead atoms. The number of aryl methyl sites for hydroxylation is 1. The van der Waals surface area contributed by atoms with E-state index in [1.54, 1.807) is 37.1 Å². The van der Waals surface area contributed by atoms with Crippen LogP contribution < -0.4 is 9.64 Å². The maximum atomic E-state index is 12.7. The van der Waals surface area contributed by atoms with E-state index < -0.39 is 0 Å². The van der Waals surface area contributed by atoms with Crippen LogP contribution in [0.3, 0.4) is 0 Å². The van der Waals surface area contributed by atoms with E-state index in [2.05, 4.69) is 20.2 Å². The number of nitrogens with one attached hydrogen (secondary N) is 1. The molecule has 10 nitrogen and oxygen atoms in total. The number of carbonyl (C=O) groups excluding carboxylic acids is 1. The summed E-state index contributed by atoms with van der Waals surface area (Å²) in [6.07, 6.45) is 0. The van der Waals surface area contributed by atoms with E-state index in [0.717, 1.165) is 0 Å². The van der Waals surface area contributed by atoms with E-state index in [9.17, 15) is 10.1 Å². The second-order valence-electron chi connectivity index (χ2n) is 6.97. The Morgan fingerprint density at radius 3 is 2.84 bits per heavy atom. The number of amides is 1. The molecule has 4 rings (SSSR count). The van der Waals surface area contributed by atoms with Crippen molar-refractivity contribution >= 4 is 35.2 Å². The Morgan fingerprint density at radius 2 is 2.12 bits per heavy atom. The number of thioether (sulfide) groups is 1. The highest BCUT2D eigenvalue weighted by Crippen LogP contribution is 2.31. The fourth-order valence-electron chi connectivity index (χ4n) is 3.38. The van der Waals surface area contributed by atoms with E-state index in [4.69, 9.17) is 20.8 Å². The van der Waals surface area contributed by atoms with Crippen LogP contribution in [0.15, 0.2) is 27.8 Å². The van der Waals surface area contributed by atoms with E-state index in [1.165, 1.54) is 11.8 Å². The van der Waals surface area contributed by atoms with Crippen molar-refractivity contribution in [3.8, 4) is 23.2 Å². The van der Waals surface area contributed by atoms with Crippen LogP contribution >= 0.6 is 23.4 Å². The van der Waals surface area contributed by atoms with Crippen molar-refractivity contribution in [2.75, 3.05) is 43.9 Å². The van der Waals surface area contributed by atoms with Crippen molar-refractivity contribution in [3.63, 3.8) is 0 Å². The number of nitrogens with zero attached hydrogens (tertiary/aromatic N) is 6. The maximum absolute atomic E-state index is 12.7. The normalized spacial score (nSPS) is 13.8. The summed E-state index contributed by atoms with van der Waals surface area (Å²) in [6, 6.07) is 7.29. The van der Waals surface area contributed by atoms with Gasteiger partial charge in [0, 0.05) is 38.1 Å². The van der Waals surface area contributed by atoms with Gasteiger partial charge in [0.2, 0.25) is 22.6 Å². The molecule has 12 heteroatoms. The quantitative estimate of drug-likeness (QED) is 0.538. The summed E-state index contributed by atoms with van der Waals surface area (Å²) in [7, 11) is 1.57. The molecule has 0 saturated carbocycles. The van der Waals surface area contributed by atoms with Gasteiger partial charge in [-0.1, -0.05) is 23.4 Å². The largest absolute Gasteiger partial charge is 0.496 e. The highest BCUT2D eigenvalue weighted by Gasteiger charge is 2.26.